The third-order valence-electron chi connectivity index (χ3n) is 0.990. The fraction of sp³-hybridized carbons (Fsp3) is 0.333. The van der Waals surface area contributed by atoms with Crippen LogP contribution in [0.4, 0.5) is 0 Å². The Labute approximate surface area is 48.9 Å². The molecule has 2 N–H and O–H groups in total. The lowest BCUT2D eigenvalue weighted by atomic mass is 10.6. The van der Waals surface area contributed by atoms with E-state index in [0.717, 1.165) is 6.54 Å². The summed E-state index contributed by atoms with van der Waals surface area (Å²) in [6.07, 6.45) is 3.83. The zero-order valence-electron chi connectivity index (χ0n) is 4.67. The van der Waals surface area contributed by atoms with E-state index in [0.29, 0.717) is 6.54 Å². The molecule has 2 heteroatoms. The van der Waals surface area contributed by atoms with Crippen LogP contribution in [0, 0.1) is 6.07 Å². The lowest BCUT2D eigenvalue weighted by Crippen LogP contribution is -2.07. The van der Waals surface area contributed by atoms with Gasteiger partial charge in [0.1, 0.15) is 0 Å². The van der Waals surface area contributed by atoms with Crippen molar-refractivity contribution in [3.05, 3.63) is 24.5 Å². The van der Waals surface area contributed by atoms with Crippen molar-refractivity contribution in [2.24, 2.45) is 5.73 Å². The quantitative estimate of drug-likeness (QED) is 0.579. The molecule has 1 aromatic rings. The van der Waals surface area contributed by atoms with Gasteiger partial charge in [-0.05, 0) is 6.07 Å². The van der Waals surface area contributed by atoms with E-state index in [-0.39, 0.29) is 0 Å². The SMILES string of the molecule is NCCn1c[c]cc1. The Kier molecular flexibility index (Phi) is 1.70. The Balaban J connectivity index is 2.50. The largest absolute Gasteiger partial charge is 0.352 e. The molecule has 1 rings (SSSR count). The van der Waals surface area contributed by atoms with E-state index in [2.05, 4.69) is 6.07 Å². The van der Waals surface area contributed by atoms with Gasteiger partial charge in [0.15, 0.2) is 0 Å². The van der Waals surface area contributed by atoms with Gasteiger partial charge in [0.05, 0.1) is 0 Å². The molecular weight excluding hydrogens is 100 g/mol. The molecule has 8 heavy (non-hydrogen) atoms. The summed E-state index contributed by atoms with van der Waals surface area (Å²) in [5.74, 6) is 0. The van der Waals surface area contributed by atoms with Crippen molar-refractivity contribution in [3.63, 3.8) is 0 Å². The first-order chi connectivity index (χ1) is 3.93. The summed E-state index contributed by atoms with van der Waals surface area (Å²) in [7, 11) is 0. The predicted molar refractivity (Wildman–Crippen MR) is 32.3 cm³/mol. The van der Waals surface area contributed by atoms with Crippen molar-refractivity contribution in [1.29, 1.82) is 0 Å². The highest BCUT2D eigenvalue weighted by molar-refractivity contribution is 4.87. The summed E-state index contributed by atoms with van der Waals surface area (Å²) in [6.45, 7) is 1.59. The van der Waals surface area contributed by atoms with Crippen LogP contribution in [0.1, 0.15) is 0 Å². The van der Waals surface area contributed by atoms with Gasteiger partial charge in [-0.2, -0.15) is 0 Å². The molecule has 1 radical (unpaired) electrons. The number of aromatic nitrogens is 1. The van der Waals surface area contributed by atoms with Gasteiger partial charge in [-0.15, -0.1) is 0 Å². The number of hydrogen-bond donors (Lipinski definition) is 1. The molecule has 0 bridgehead atoms. The minimum Gasteiger partial charge on any atom is -0.352 e. The highest BCUT2D eigenvalue weighted by Gasteiger charge is 1.81. The van der Waals surface area contributed by atoms with Crippen molar-refractivity contribution in [3.8, 4) is 0 Å². The first-order valence-corrected chi connectivity index (χ1v) is 2.65. The highest BCUT2D eigenvalue weighted by Crippen LogP contribution is 1.85. The molecule has 0 aromatic carbocycles. The smallest absolute Gasteiger partial charge is 0.0342 e. The standard InChI is InChI=1S/C6H9N2/c7-3-6-8-4-1-2-5-8/h1,4-5H,3,6-7H2. The molecule has 0 aliphatic heterocycles. The normalized spacial score (nSPS) is 9.62. The van der Waals surface area contributed by atoms with E-state index < -0.39 is 0 Å². The number of hydrogen-bond acceptors (Lipinski definition) is 1. The molecule has 2 nitrogen and oxygen atoms in total. The second-order valence-corrected chi connectivity index (χ2v) is 1.64. The van der Waals surface area contributed by atoms with Crippen LogP contribution >= 0.6 is 0 Å². The first kappa shape index (κ1) is 5.38. The average molecular weight is 109 g/mol. The van der Waals surface area contributed by atoms with E-state index in [1.807, 2.05) is 23.0 Å². The van der Waals surface area contributed by atoms with Crippen molar-refractivity contribution >= 4 is 0 Å². The second kappa shape index (κ2) is 2.52. The minimum atomic E-state index is 0.697. The Morgan fingerprint density at radius 1 is 1.62 bits per heavy atom. The fourth-order valence-electron chi connectivity index (χ4n) is 0.609. The van der Waals surface area contributed by atoms with Crippen molar-refractivity contribution in [1.82, 2.24) is 4.57 Å². The van der Waals surface area contributed by atoms with Crippen LogP contribution in [0.5, 0.6) is 0 Å². The lowest BCUT2D eigenvalue weighted by molar-refractivity contribution is 0.713. The third-order valence-corrected chi connectivity index (χ3v) is 0.990. The van der Waals surface area contributed by atoms with Crippen LogP contribution < -0.4 is 5.73 Å². The predicted octanol–water partition coefficient (Wildman–Crippen LogP) is 0.247. The summed E-state index contributed by atoms with van der Waals surface area (Å²) in [5, 5.41) is 0. The summed E-state index contributed by atoms with van der Waals surface area (Å²) in [5.41, 5.74) is 5.28. The molecular formula is C6H9N2. The summed E-state index contributed by atoms with van der Waals surface area (Å²) in [6, 6.07) is 4.79. The molecule has 1 heterocycles. The van der Waals surface area contributed by atoms with Gasteiger partial charge in [0, 0.05) is 31.5 Å². The van der Waals surface area contributed by atoms with E-state index in [9.17, 15) is 0 Å². The zero-order chi connectivity index (χ0) is 5.82. The van der Waals surface area contributed by atoms with E-state index in [1.54, 1.807) is 0 Å². The maximum Gasteiger partial charge on any atom is 0.0342 e. The van der Waals surface area contributed by atoms with Gasteiger partial charge < -0.3 is 10.3 Å². The lowest BCUT2D eigenvalue weighted by Gasteiger charge is -1.94. The topological polar surface area (TPSA) is 30.9 Å². The molecule has 43 valence electrons. The third kappa shape index (κ3) is 1.10. The highest BCUT2D eigenvalue weighted by atomic mass is 14.9. The van der Waals surface area contributed by atoms with Gasteiger partial charge in [-0.1, -0.05) is 0 Å². The first-order valence-electron chi connectivity index (χ1n) is 2.65. The van der Waals surface area contributed by atoms with Crippen LogP contribution in [-0.2, 0) is 6.54 Å². The fourth-order valence-corrected chi connectivity index (χ4v) is 0.609. The maximum absolute atomic E-state index is 5.28. The Morgan fingerprint density at radius 3 is 3.00 bits per heavy atom. The minimum absolute atomic E-state index is 0.697. The molecule has 0 spiro atoms. The second-order valence-electron chi connectivity index (χ2n) is 1.64. The monoisotopic (exact) mass is 109 g/mol. The van der Waals surface area contributed by atoms with E-state index in [4.69, 9.17) is 5.73 Å². The van der Waals surface area contributed by atoms with Crippen LogP contribution in [0.25, 0.3) is 0 Å². The van der Waals surface area contributed by atoms with Gasteiger partial charge in [-0.25, -0.2) is 0 Å². The summed E-state index contributed by atoms with van der Waals surface area (Å²) < 4.78 is 2.00. The number of rotatable bonds is 2. The van der Waals surface area contributed by atoms with Crippen LogP contribution in [0.15, 0.2) is 18.5 Å². The Bertz CT molecular complexity index is 132. The van der Waals surface area contributed by atoms with Crippen molar-refractivity contribution < 1.29 is 0 Å². The van der Waals surface area contributed by atoms with E-state index in [1.165, 1.54) is 0 Å². The van der Waals surface area contributed by atoms with E-state index >= 15 is 0 Å². The van der Waals surface area contributed by atoms with Crippen LogP contribution in [0.2, 0.25) is 0 Å². The van der Waals surface area contributed by atoms with Gasteiger partial charge in [0.25, 0.3) is 0 Å². The number of nitrogens with two attached hydrogens (primary N) is 1. The molecule has 0 unspecified atom stereocenters. The summed E-state index contributed by atoms with van der Waals surface area (Å²) >= 11 is 0. The molecule has 1 aromatic heterocycles. The van der Waals surface area contributed by atoms with Gasteiger partial charge >= 0.3 is 0 Å². The average Bonchev–Trinajstić information content (AvgIpc) is 2.19. The Morgan fingerprint density at radius 2 is 2.50 bits per heavy atom. The van der Waals surface area contributed by atoms with Crippen molar-refractivity contribution in [2.75, 3.05) is 6.54 Å². The van der Waals surface area contributed by atoms with Gasteiger partial charge in [0.2, 0.25) is 0 Å². The molecule has 0 saturated heterocycles. The molecule has 0 aliphatic carbocycles. The Hall–Kier alpha value is -0.760. The van der Waals surface area contributed by atoms with Crippen LogP contribution in [0.3, 0.4) is 0 Å². The van der Waals surface area contributed by atoms with Crippen molar-refractivity contribution in [2.45, 2.75) is 6.54 Å². The maximum atomic E-state index is 5.28. The van der Waals surface area contributed by atoms with Crippen LogP contribution in [-0.4, -0.2) is 11.1 Å². The van der Waals surface area contributed by atoms with Gasteiger partial charge in [-0.3, -0.25) is 0 Å². The zero-order valence-corrected chi connectivity index (χ0v) is 4.67. The summed E-state index contributed by atoms with van der Waals surface area (Å²) in [4.78, 5) is 0. The number of nitrogens with zero attached hydrogens (tertiary/aromatic N) is 1. The molecule has 0 aliphatic rings. The molecule has 0 atom stereocenters. The molecule has 0 amide bonds. The molecule has 0 saturated carbocycles. The molecule has 0 fully saturated rings.